The highest BCUT2D eigenvalue weighted by molar-refractivity contribution is 6.16. The number of carbonyl (C=O) groups is 1. The Morgan fingerprint density at radius 1 is 1.47 bits per heavy atom. The van der Waals surface area contributed by atoms with Crippen LogP contribution in [0, 0.1) is 5.82 Å². The molecule has 0 fully saturated rings. The van der Waals surface area contributed by atoms with Crippen LogP contribution >= 0.6 is 0 Å². The number of hydrogen-bond donors (Lipinski definition) is 1. The van der Waals surface area contributed by atoms with E-state index in [0.29, 0.717) is 0 Å². The Labute approximate surface area is 98.0 Å². The quantitative estimate of drug-likeness (QED) is 0.492. The average molecular weight is 237 g/mol. The molecule has 0 spiro atoms. The molecule has 0 radical (unpaired) electrons. The molecule has 0 aliphatic rings. The summed E-state index contributed by atoms with van der Waals surface area (Å²) in [5.74, 6) is -1.42. The Hall–Kier alpha value is -2.24. The highest BCUT2D eigenvalue weighted by atomic mass is 19.1. The normalized spacial score (nSPS) is 11.0. The highest BCUT2D eigenvalue weighted by Crippen LogP contribution is 2.19. The van der Waals surface area contributed by atoms with Gasteiger partial charge in [0, 0.05) is 13.3 Å². The lowest BCUT2D eigenvalue weighted by atomic mass is 10.1. The number of nitrogens with one attached hydrogen (secondary N) is 1. The second kappa shape index (κ2) is 6.37. The Balaban J connectivity index is 2.98. The third-order valence-corrected chi connectivity index (χ3v) is 1.88. The Morgan fingerprint density at radius 3 is 2.88 bits per heavy atom. The number of carbonyl (C=O) groups excluding carboxylic acids is 1. The van der Waals surface area contributed by atoms with E-state index in [1.165, 1.54) is 37.7 Å². The second-order valence-corrected chi connectivity index (χ2v) is 2.95. The summed E-state index contributed by atoms with van der Waals surface area (Å²) in [7, 11) is 2.78. The van der Waals surface area contributed by atoms with Crippen molar-refractivity contribution in [3.63, 3.8) is 0 Å². The number of halogens is 1. The van der Waals surface area contributed by atoms with E-state index in [0.717, 1.165) is 0 Å². The fraction of sp³-hybridized carbons (Fsp3) is 0.182. The minimum absolute atomic E-state index is 0.180. The van der Waals surface area contributed by atoms with E-state index in [9.17, 15) is 9.18 Å². The summed E-state index contributed by atoms with van der Waals surface area (Å²) in [4.78, 5) is 15.0. The number of hydrogen-bond acceptors (Lipinski definition) is 5. The monoisotopic (exact) mass is 237 g/mol. The average Bonchev–Trinajstić information content (AvgIpc) is 2.34. The van der Waals surface area contributed by atoms with E-state index >= 15 is 0 Å². The van der Waals surface area contributed by atoms with Crippen molar-refractivity contribution in [1.82, 2.24) is 0 Å². The zero-order valence-corrected chi connectivity index (χ0v) is 9.48. The van der Waals surface area contributed by atoms with Crippen molar-refractivity contribution < 1.29 is 13.9 Å². The number of ether oxygens (including phenoxy) is 1. The minimum atomic E-state index is -0.759. The van der Waals surface area contributed by atoms with Crippen LogP contribution < -0.4 is 5.43 Å². The summed E-state index contributed by atoms with van der Waals surface area (Å²) in [5, 5.41) is 3.75. The molecule has 0 aromatic heterocycles. The number of hydrazone groups is 1. The fourth-order valence-corrected chi connectivity index (χ4v) is 1.13. The van der Waals surface area contributed by atoms with Crippen LogP contribution in [0.5, 0.6) is 0 Å². The molecule has 1 N–H and O–H groups in total. The third kappa shape index (κ3) is 3.37. The first-order chi connectivity index (χ1) is 8.20. The Bertz CT molecular complexity index is 458. The van der Waals surface area contributed by atoms with Crippen molar-refractivity contribution in [3.05, 3.63) is 29.6 Å². The lowest BCUT2D eigenvalue weighted by Gasteiger charge is -2.07. The Kier molecular flexibility index (Phi) is 4.80. The van der Waals surface area contributed by atoms with Crippen LogP contribution in [-0.4, -0.2) is 32.6 Å². The first-order valence-corrected chi connectivity index (χ1v) is 4.77. The number of anilines is 1. The smallest absolute Gasteiger partial charge is 0.343 e. The van der Waals surface area contributed by atoms with Gasteiger partial charge in [0.15, 0.2) is 0 Å². The first kappa shape index (κ1) is 12.8. The first-order valence-electron chi connectivity index (χ1n) is 4.77. The molecule has 0 heterocycles. The largest absolute Gasteiger partial charge is 0.465 e. The number of benzene rings is 1. The molecule has 1 aromatic rings. The molecular formula is C11H12FN3O2. The molecule has 5 nitrogen and oxygen atoms in total. The molecule has 0 aliphatic heterocycles. The fourth-order valence-electron chi connectivity index (χ4n) is 1.13. The van der Waals surface area contributed by atoms with Gasteiger partial charge >= 0.3 is 5.97 Å². The van der Waals surface area contributed by atoms with Crippen molar-refractivity contribution in [2.45, 2.75) is 0 Å². The third-order valence-electron chi connectivity index (χ3n) is 1.88. The van der Waals surface area contributed by atoms with Crippen LogP contribution in [0.3, 0.4) is 0 Å². The molecule has 0 amide bonds. The minimum Gasteiger partial charge on any atom is -0.465 e. The topological polar surface area (TPSA) is 63.0 Å². The molecule has 0 saturated carbocycles. The summed E-state index contributed by atoms with van der Waals surface area (Å²) < 4.78 is 17.9. The summed E-state index contributed by atoms with van der Waals surface area (Å²) in [6, 6.07) is 4.16. The maximum atomic E-state index is 13.4. The van der Waals surface area contributed by atoms with Crippen molar-refractivity contribution in [2.24, 2.45) is 10.1 Å². The van der Waals surface area contributed by atoms with Gasteiger partial charge in [-0.3, -0.25) is 10.4 Å². The molecule has 6 heteroatoms. The van der Waals surface area contributed by atoms with E-state index in [4.69, 9.17) is 0 Å². The molecule has 1 rings (SSSR count). The standard InChI is InChI=1S/C11H12FN3O2/c1-13-6-7-14-15-9-5-3-4-8(12)10(9)11(16)17-2/h3-7,15H,1-2H3/b13-6+,14-7+. The van der Waals surface area contributed by atoms with Gasteiger partial charge in [0.2, 0.25) is 0 Å². The van der Waals surface area contributed by atoms with Crippen LogP contribution in [-0.2, 0) is 4.74 Å². The molecule has 0 atom stereocenters. The molecule has 17 heavy (non-hydrogen) atoms. The molecule has 0 unspecified atom stereocenters. The number of aliphatic imine (C=N–C) groups is 1. The number of rotatable bonds is 4. The highest BCUT2D eigenvalue weighted by Gasteiger charge is 2.16. The summed E-state index contributed by atoms with van der Waals surface area (Å²) in [6.07, 6.45) is 2.83. The maximum Gasteiger partial charge on any atom is 0.343 e. The van der Waals surface area contributed by atoms with E-state index < -0.39 is 11.8 Å². The Morgan fingerprint density at radius 2 is 2.24 bits per heavy atom. The number of methoxy groups -OCH3 is 1. The summed E-state index contributed by atoms with van der Waals surface area (Å²) >= 11 is 0. The van der Waals surface area contributed by atoms with Gasteiger partial charge in [0.25, 0.3) is 0 Å². The van der Waals surface area contributed by atoms with Gasteiger partial charge in [-0.05, 0) is 12.1 Å². The lowest BCUT2D eigenvalue weighted by Crippen LogP contribution is -2.08. The van der Waals surface area contributed by atoms with Crippen molar-refractivity contribution in [1.29, 1.82) is 0 Å². The number of nitrogens with zero attached hydrogens (tertiary/aromatic N) is 2. The van der Waals surface area contributed by atoms with Gasteiger partial charge in [-0.25, -0.2) is 9.18 Å². The molecule has 0 bridgehead atoms. The van der Waals surface area contributed by atoms with Crippen LogP contribution in [0.25, 0.3) is 0 Å². The van der Waals surface area contributed by atoms with E-state index in [2.05, 4.69) is 20.3 Å². The van der Waals surface area contributed by atoms with Gasteiger partial charge in [-0.2, -0.15) is 5.10 Å². The SMILES string of the molecule is C/N=C/C=N/Nc1cccc(F)c1C(=O)OC. The lowest BCUT2D eigenvalue weighted by molar-refractivity contribution is 0.0596. The van der Waals surface area contributed by atoms with Crippen LogP contribution in [0.15, 0.2) is 28.3 Å². The maximum absolute atomic E-state index is 13.4. The van der Waals surface area contributed by atoms with Gasteiger partial charge in [-0.1, -0.05) is 6.07 Å². The zero-order chi connectivity index (χ0) is 12.7. The molecule has 1 aromatic carbocycles. The van der Waals surface area contributed by atoms with Gasteiger partial charge in [0.05, 0.1) is 19.0 Å². The summed E-state index contributed by atoms with van der Waals surface area (Å²) in [5.41, 5.74) is 2.60. The van der Waals surface area contributed by atoms with Gasteiger partial charge in [-0.15, -0.1) is 0 Å². The van der Waals surface area contributed by atoms with Crippen LogP contribution in [0.1, 0.15) is 10.4 Å². The van der Waals surface area contributed by atoms with Gasteiger partial charge < -0.3 is 4.74 Å². The molecule has 90 valence electrons. The van der Waals surface area contributed by atoms with E-state index in [-0.39, 0.29) is 11.3 Å². The zero-order valence-electron chi connectivity index (χ0n) is 9.48. The van der Waals surface area contributed by atoms with Crippen LogP contribution in [0.4, 0.5) is 10.1 Å². The van der Waals surface area contributed by atoms with Crippen molar-refractivity contribution in [3.8, 4) is 0 Å². The van der Waals surface area contributed by atoms with Crippen molar-refractivity contribution in [2.75, 3.05) is 19.6 Å². The number of esters is 1. The van der Waals surface area contributed by atoms with E-state index in [1.807, 2.05) is 0 Å². The predicted octanol–water partition coefficient (Wildman–Crippen LogP) is 1.71. The van der Waals surface area contributed by atoms with Crippen molar-refractivity contribution >= 4 is 24.1 Å². The molecule has 0 saturated heterocycles. The second-order valence-electron chi connectivity index (χ2n) is 2.95. The van der Waals surface area contributed by atoms with Crippen LogP contribution in [0.2, 0.25) is 0 Å². The van der Waals surface area contributed by atoms with Gasteiger partial charge in [0.1, 0.15) is 11.4 Å². The molecule has 0 aliphatic carbocycles. The van der Waals surface area contributed by atoms with E-state index in [1.54, 1.807) is 7.05 Å². The predicted molar refractivity (Wildman–Crippen MR) is 64.3 cm³/mol. The summed E-state index contributed by atoms with van der Waals surface area (Å²) in [6.45, 7) is 0. The molecular weight excluding hydrogens is 225 g/mol.